The Bertz CT molecular complexity index is 589. The number of unbranched alkanes of at least 4 members (excludes halogenated alkanes) is 2. The van der Waals surface area contributed by atoms with Gasteiger partial charge in [0.1, 0.15) is 0 Å². The van der Waals surface area contributed by atoms with Crippen LogP contribution in [0.3, 0.4) is 0 Å². The monoisotopic (exact) mass is 452 g/mol. The summed E-state index contributed by atoms with van der Waals surface area (Å²) in [5.74, 6) is 0. The lowest BCUT2D eigenvalue weighted by Gasteiger charge is -2.54. The van der Waals surface area contributed by atoms with E-state index in [0.717, 1.165) is 64.6 Å². The molecular weight excluding hydrogens is 400 g/mol. The number of hydrazone groups is 1. The Balaban J connectivity index is 2.05. The number of hydroxylamine groups is 4. The van der Waals surface area contributed by atoms with Gasteiger partial charge in [-0.3, -0.25) is 9.68 Å². The summed E-state index contributed by atoms with van der Waals surface area (Å²) in [6, 6.07) is 0.337. The predicted molar refractivity (Wildman–Crippen MR) is 135 cm³/mol. The van der Waals surface area contributed by atoms with Gasteiger partial charge in [0.25, 0.3) is 0 Å². The third-order valence-electron chi connectivity index (χ3n) is 6.81. The third-order valence-corrected chi connectivity index (χ3v) is 6.81. The topological polar surface area (TPSA) is 49.3 Å². The summed E-state index contributed by atoms with van der Waals surface area (Å²) >= 11 is 0. The molecule has 0 saturated carbocycles. The van der Waals surface area contributed by atoms with Crippen LogP contribution in [0.2, 0.25) is 0 Å². The van der Waals surface area contributed by atoms with Crippen molar-refractivity contribution < 1.29 is 9.68 Å². The highest BCUT2D eigenvalue weighted by atomic mass is 16.7. The van der Waals surface area contributed by atoms with E-state index in [-0.39, 0.29) is 22.2 Å². The second-order valence-corrected chi connectivity index (χ2v) is 12.5. The molecule has 2 rings (SSSR count). The van der Waals surface area contributed by atoms with Crippen LogP contribution in [-0.4, -0.2) is 57.2 Å². The molecule has 2 fully saturated rings. The molecular formula is C26H52N4O2. The molecule has 0 spiro atoms. The maximum absolute atomic E-state index is 6.25. The van der Waals surface area contributed by atoms with E-state index in [1.165, 1.54) is 5.71 Å². The Morgan fingerprint density at radius 2 is 1.16 bits per heavy atom. The molecule has 32 heavy (non-hydrogen) atoms. The predicted octanol–water partition coefficient (Wildman–Crippen LogP) is 6.07. The van der Waals surface area contributed by atoms with Crippen LogP contribution in [0.4, 0.5) is 0 Å². The molecule has 0 aromatic rings. The molecule has 0 atom stereocenters. The van der Waals surface area contributed by atoms with Crippen LogP contribution in [0.5, 0.6) is 0 Å². The molecule has 2 aliphatic heterocycles. The van der Waals surface area contributed by atoms with Crippen LogP contribution in [0.1, 0.15) is 121 Å². The SMILES string of the molecule is CCCCON1C(C)(C)CC(=NNC2CC(C)(C)N(OCCCC)C(C)(C)C2)CC1(C)C. The van der Waals surface area contributed by atoms with Crippen LogP contribution in [0.25, 0.3) is 0 Å². The minimum Gasteiger partial charge on any atom is -0.307 e. The summed E-state index contributed by atoms with van der Waals surface area (Å²) < 4.78 is 0. The van der Waals surface area contributed by atoms with Gasteiger partial charge in [-0.15, -0.1) is 0 Å². The van der Waals surface area contributed by atoms with Crippen molar-refractivity contribution in [3.63, 3.8) is 0 Å². The Hall–Kier alpha value is -0.690. The van der Waals surface area contributed by atoms with Crippen LogP contribution in [-0.2, 0) is 9.68 Å². The summed E-state index contributed by atoms with van der Waals surface area (Å²) in [5, 5.41) is 9.46. The van der Waals surface area contributed by atoms with Gasteiger partial charge >= 0.3 is 0 Å². The smallest absolute Gasteiger partial charge is 0.0685 e. The first-order valence-electron chi connectivity index (χ1n) is 12.9. The highest BCUT2D eigenvalue weighted by molar-refractivity contribution is 5.87. The number of nitrogens with one attached hydrogen (secondary N) is 1. The molecule has 1 N–H and O–H groups in total. The van der Waals surface area contributed by atoms with E-state index in [1.807, 2.05) is 0 Å². The molecule has 2 saturated heterocycles. The van der Waals surface area contributed by atoms with Gasteiger partial charge in [-0.2, -0.15) is 15.2 Å². The van der Waals surface area contributed by atoms with Gasteiger partial charge in [-0.05, 0) is 81.1 Å². The van der Waals surface area contributed by atoms with Crippen molar-refractivity contribution in [2.24, 2.45) is 5.10 Å². The van der Waals surface area contributed by atoms with Gasteiger partial charge in [-0.1, -0.05) is 26.7 Å². The minimum absolute atomic E-state index is 0.0393. The zero-order valence-corrected chi connectivity index (χ0v) is 22.8. The quantitative estimate of drug-likeness (QED) is 0.322. The maximum atomic E-state index is 6.25. The van der Waals surface area contributed by atoms with Gasteiger partial charge in [0.15, 0.2) is 0 Å². The summed E-state index contributed by atoms with van der Waals surface area (Å²) in [6.45, 7) is 24.3. The molecule has 0 aromatic carbocycles. The summed E-state index contributed by atoms with van der Waals surface area (Å²) in [4.78, 5) is 12.5. The molecule has 2 aliphatic rings. The molecule has 0 aromatic heterocycles. The second kappa shape index (κ2) is 10.7. The van der Waals surface area contributed by atoms with E-state index in [4.69, 9.17) is 14.8 Å². The summed E-state index contributed by atoms with van der Waals surface area (Å²) in [6.07, 6.45) is 8.37. The molecule has 0 aliphatic carbocycles. The molecule has 0 amide bonds. The number of hydrogen-bond donors (Lipinski definition) is 1. The Kier molecular flexibility index (Phi) is 9.22. The van der Waals surface area contributed by atoms with E-state index in [2.05, 4.69) is 84.8 Å². The van der Waals surface area contributed by atoms with Gasteiger partial charge < -0.3 is 5.43 Å². The standard InChI is InChI=1S/C26H52N4O2/c1-11-13-15-31-29-23(3,4)17-21(18-24(29,5)6)27-28-22-19-25(7,8)30(26(9,10)20-22)32-16-14-12-2/h21,27H,11-20H2,1-10H3. The molecule has 0 radical (unpaired) electrons. The van der Waals surface area contributed by atoms with Crippen molar-refractivity contribution in [3.8, 4) is 0 Å². The van der Waals surface area contributed by atoms with Crippen LogP contribution >= 0.6 is 0 Å². The Labute approximate surface area is 198 Å². The first-order valence-corrected chi connectivity index (χ1v) is 12.9. The van der Waals surface area contributed by atoms with E-state index in [1.54, 1.807) is 0 Å². The van der Waals surface area contributed by atoms with E-state index in [9.17, 15) is 0 Å². The first kappa shape index (κ1) is 27.6. The van der Waals surface area contributed by atoms with Crippen molar-refractivity contribution in [2.75, 3.05) is 13.2 Å². The van der Waals surface area contributed by atoms with Gasteiger partial charge in [0.2, 0.25) is 0 Å². The molecule has 2 heterocycles. The lowest BCUT2D eigenvalue weighted by Crippen LogP contribution is -2.63. The highest BCUT2D eigenvalue weighted by Gasteiger charge is 2.48. The van der Waals surface area contributed by atoms with Crippen LogP contribution in [0, 0.1) is 0 Å². The maximum Gasteiger partial charge on any atom is 0.0685 e. The average Bonchev–Trinajstić information content (AvgIpc) is 2.63. The van der Waals surface area contributed by atoms with Gasteiger partial charge in [0, 0.05) is 46.8 Å². The van der Waals surface area contributed by atoms with Crippen molar-refractivity contribution in [2.45, 2.75) is 149 Å². The molecule has 6 nitrogen and oxygen atoms in total. The molecule has 6 heteroatoms. The number of nitrogens with zero attached hydrogens (tertiary/aromatic N) is 3. The van der Waals surface area contributed by atoms with Gasteiger partial charge in [0.05, 0.1) is 13.2 Å². The number of piperidine rings is 2. The first-order chi connectivity index (χ1) is 14.7. The zero-order valence-electron chi connectivity index (χ0n) is 22.8. The average molecular weight is 453 g/mol. The Morgan fingerprint density at radius 3 is 1.56 bits per heavy atom. The summed E-state index contributed by atoms with van der Waals surface area (Å²) in [5.41, 5.74) is 4.59. The van der Waals surface area contributed by atoms with Crippen molar-refractivity contribution in [3.05, 3.63) is 0 Å². The zero-order chi connectivity index (χ0) is 24.2. The summed E-state index contributed by atoms with van der Waals surface area (Å²) in [7, 11) is 0. The van der Waals surface area contributed by atoms with Crippen molar-refractivity contribution >= 4 is 5.71 Å². The number of hydrogen-bond acceptors (Lipinski definition) is 6. The molecule has 188 valence electrons. The fourth-order valence-corrected chi connectivity index (χ4v) is 5.94. The fraction of sp³-hybridized carbons (Fsp3) is 0.962. The number of rotatable bonds is 10. The third kappa shape index (κ3) is 6.91. The lowest BCUT2D eigenvalue weighted by molar-refractivity contribution is -0.284. The van der Waals surface area contributed by atoms with Crippen molar-refractivity contribution in [1.82, 2.24) is 15.6 Å². The highest BCUT2D eigenvalue weighted by Crippen LogP contribution is 2.40. The normalized spacial score (nSPS) is 25.6. The van der Waals surface area contributed by atoms with Gasteiger partial charge in [-0.25, -0.2) is 0 Å². The Morgan fingerprint density at radius 1 is 0.750 bits per heavy atom. The molecule has 0 bridgehead atoms. The van der Waals surface area contributed by atoms with Crippen molar-refractivity contribution in [1.29, 1.82) is 0 Å². The fourth-order valence-electron chi connectivity index (χ4n) is 5.94. The second-order valence-electron chi connectivity index (χ2n) is 12.5. The van der Waals surface area contributed by atoms with Crippen LogP contribution in [0.15, 0.2) is 5.10 Å². The van der Waals surface area contributed by atoms with E-state index < -0.39 is 0 Å². The van der Waals surface area contributed by atoms with Crippen LogP contribution < -0.4 is 5.43 Å². The molecule has 0 unspecified atom stereocenters. The largest absolute Gasteiger partial charge is 0.307 e. The van der Waals surface area contributed by atoms with E-state index in [0.29, 0.717) is 6.04 Å². The van der Waals surface area contributed by atoms with E-state index >= 15 is 0 Å². The lowest BCUT2D eigenvalue weighted by atomic mass is 9.79. The minimum atomic E-state index is -0.0783.